The summed E-state index contributed by atoms with van der Waals surface area (Å²) in [6.45, 7) is -0.159. The third-order valence-corrected chi connectivity index (χ3v) is 3.96. The zero-order valence-electron chi connectivity index (χ0n) is 11.4. The topological polar surface area (TPSA) is 55.4 Å². The summed E-state index contributed by atoms with van der Waals surface area (Å²) in [7, 11) is 0. The van der Waals surface area contributed by atoms with Gasteiger partial charge in [-0.25, -0.2) is 0 Å². The average molecular weight is 273 g/mol. The second-order valence-electron chi connectivity index (χ2n) is 5.59. The van der Waals surface area contributed by atoms with Crippen LogP contribution in [0.4, 0.5) is 0 Å². The first-order valence-electron chi connectivity index (χ1n) is 7.28. The van der Waals surface area contributed by atoms with Gasteiger partial charge in [-0.3, -0.25) is 9.59 Å². The molecule has 0 heterocycles. The molecule has 20 heavy (non-hydrogen) atoms. The highest BCUT2D eigenvalue weighted by Crippen LogP contribution is 2.30. The standard InChI is InChI=1S/C16H19NO3/c18-15(10-20-16(19)12-8-9-12)17-14-7-3-5-11-4-1-2-6-13(11)14/h1-2,4,6,12,14H,3,5,7-10H2,(H,17,18). The lowest BCUT2D eigenvalue weighted by Gasteiger charge is -2.26. The summed E-state index contributed by atoms with van der Waals surface area (Å²) in [5.41, 5.74) is 2.50. The molecule has 0 aliphatic heterocycles. The highest BCUT2D eigenvalue weighted by molar-refractivity contribution is 5.82. The lowest BCUT2D eigenvalue weighted by Crippen LogP contribution is -2.34. The van der Waals surface area contributed by atoms with Crippen LogP contribution in [0.1, 0.15) is 42.9 Å². The van der Waals surface area contributed by atoms with Gasteiger partial charge in [0, 0.05) is 0 Å². The molecule has 3 rings (SSSR count). The highest BCUT2D eigenvalue weighted by Gasteiger charge is 2.31. The average Bonchev–Trinajstić information content (AvgIpc) is 3.30. The molecular formula is C16H19NO3. The van der Waals surface area contributed by atoms with E-state index in [4.69, 9.17) is 4.74 Å². The summed E-state index contributed by atoms with van der Waals surface area (Å²) >= 11 is 0. The van der Waals surface area contributed by atoms with E-state index in [1.54, 1.807) is 0 Å². The number of aryl methyl sites for hydroxylation is 1. The molecular weight excluding hydrogens is 254 g/mol. The van der Waals surface area contributed by atoms with Crippen LogP contribution in [-0.2, 0) is 20.7 Å². The molecule has 1 fully saturated rings. The van der Waals surface area contributed by atoms with E-state index in [-0.39, 0.29) is 30.4 Å². The van der Waals surface area contributed by atoms with E-state index >= 15 is 0 Å². The Morgan fingerprint density at radius 1 is 1.20 bits per heavy atom. The number of fused-ring (bicyclic) bond motifs is 1. The Morgan fingerprint density at radius 2 is 2.00 bits per heavy atom. The van der Waals surface area contributed by atoms with Crippen LogP contribution in [0.5, 0.6) is 0 Å². The predicted octanol–water partition coefficient (Wildman–Crippen LogP) is 2.13. The molecule has 4 nitrogen and oxygen atoms in total. The maximum absolute atomic E-state index is 11.9. The molecule has 106 valence electrons. The molecule has 0 aromatic heterocycles. The molecule has 0 radical (unpaired) electrons. The monoisotopic (exact) mass is 273 g/mol. The van der Waals surface area contributed by atoms with Gasteiger partial charge in [0.25, 0.3) is 5.91 Å². The van der Waals surface area contributed by atoms with Crippen molar-refractivity contribution < 1.29 is 14.3 Å². The second kappa shape index (κ2) is 5.65. The number of carbonyl (C=O) groups is 2. The number of benzene rings is 1. The molecule has 1 unspecified atom stereocenters. The minimum absolute atomic E-state index is 0.0400. The molecule has 1 aromatic carbocycles. The van der Waals surface area contributed by atoms with Crippen LogP contribution in [0.2, 0.25) is 0 Å². The zero-order chi connectivity index (χ0) is 13.9. The molecule has 0 bridgehead atoms. The number of nitrogens with one attached hydrogen (secondary N) is 1. The summed E-state index contributed by atoms with van der Waals surface area (Å²) in [6.07, 6.45) is 4.88. The summed E-state index contributed by atoms with van der Waals surface area (Å²) in [5.74, 6) is -0.400. The van der Waals surface area contributed by atoms with Crippen LogP contribution in [0.25, 0.3) is 0 Å². The summed E-state index contributed by atoms with van der Waals surface area (Å²) in [5, 5.41) is 2.97. The van der Waals surface area contributed by atoms with Crippen molar-refractivity contribution in [1.82, 2.24) is 5.32 Å². The van der Waals surface area contributed by atoms with Gasteiger partial charge in [-0.05, 0) is 43.2 Å². The number of esters is 1. The first-order chi connectivity index (χ1) is 9.74. The molecule has 4 heteroatoms. The Bertz CT molecular complexity index is 522. The number of amides is 1. The summed E-state index contributed by atoms with van der Waals surface area (Å²) in [4.78, 5) is 23.3. The number of hydrogen-bond donors (Lipinski definition) is 1. The Labute approximate surface area is 118 Å². The van der Waals surface area contributed by atoms with Crippen LogP contribution >= 0.6 is 0 Å². The van der Waals surface area contributed by atoms with Gasteiger partial charge < -0.3 is 10.1 Å². The van der Waals surface area contributed by atoms with Crippen molar-refractivity contribution in [3.05, 3.63) is 35.4 Å². The Morgan fingerprint density at radius 3 is 2.80 bits per heavy atom. The van der Waals surface area contributed by atoms with Gasteiger partial charge in [0.05, 0.1) is 12.0 Å². The Balaban J connectivity index is 1.55. The molecule has 1 aromatic rings. The zero-order valence-corrected chi connectivity index (χ0v) is 11.4. The molecule has 0 saturated heterocycles. The van der Waals surface area contributed by atoms with Gasteiger partial charge in [-0.2, -0.15) is 0 Å². The third kappa shape index (κ3) is 3.00. The normalized spacial score (nSPS) is 20.9. The number of carbonyl (C=O) groups excluding carboxylic acids is 2. The minimum Gasteiger partial charge on any atom is -0.455 e. The van der Waals surface area contributed by atoms with Crippen LogP contribution in [0.3, 0.4) is 0 Å². The van der Waals surface area contributed by atoms with Crippen LogP contribution < -0.4 is 5.32 Å². The smallest absolute Gasteiger partial charge is 0.309 e. The third-order valence-electron chi connectivity index (χ3n) is 3.96. The molecule has 1 N–H and O–H groups in total. The SMILES string of the molecule is O=C(COC(=O)C1CC1)NC1CCCc2ccccc21. The quantitative estimate of drug-likeness (QED) is 0.855. The number of rotatable bonds is 4. The van der Waals surface area contributed by atoms with Gasteiger partial charge in [-0.15, -0.1) is 0 Å². The van der Waals surface area contributed by atoms with Crippen molar-refractivity contribution in [2.24, 2.45) is 5.92 Å². The first-order valence-corrected chi connectivity index (χ1v) is 7.28. The molecule has 1 amide bonds. The lowest BCUT2D eigenvalue weighted by atomic mass is 9.88. The fourth-order valence-electron chi connectivity index (χ4n) is 2.71. The molecule has 2 aliphatic rings. The number of ether oxygens (including phenoxy) is 1. The van der Waals surface area contributed by atoms with Gasteiger partial charge in [0.15, 0.2) is 6.61 Å². The maximum atomic E-state index is 11.9. The van der Waals surface area contributed by atoms with Crippen molar-refractivity contribution >= 4 is 11.9 Å². The van der Waals surface area contributed by atoms with Crippen LogP contribution in [0.15, 0.2) is 24.3 Å². The van der Waals surface area contributed by atoms with E-state index in [2.05, 4.69) is 17.4 Å². The second-order valence-corrected chi connectivity index (χ2v) is 5.59. The van der Waals surface area contributed by atoms with Crippen LogP contribution in [-0.4, -0.2) is 18.5 Å². The first kappa shape index (κ1) is 13.2. The Kier molecular flexibility index (Phi) is 3.72. The van der Waals surface area contributed by atoms with Crippen molar-refractivity contribution in [3.63, 3.8) is 0 Å². The highest BCUT2D eigenvalue weighted by atomic mass is 16.5. The maximum Gasteiger partial charge on any atom is 0.309 e. The van der Waals surface area contributed by atoms with E-state index in [9.17, 15) is 9.59 Å². The van der Waals surface area contributed by atoms with Crippen LogP contribution in [0, 0.1) is 5.92 Å². The van der Waals surface area contributed by atoms with E-state index in [1.807, 2.05) is 12.1 Å². The van der Waals surface area contributed by atoms with Gasteiger partial charge in [0.2, 0.25) is 0 Å². The predicted molar refractivity (Wildman–Crippen MR) is 73.9 cm³/mol. The van der Waals surface area contributed by atoms with Gasteiger partial charge in [-0.1, -0.05) is 24.3 Å². The van der Waals surface area contributed by atoms with E-state index in [0.717, 1.165) is 32.1 Å². The van der Waals surface area contributed by atoms with Crippen molar-refractivity contribution in [3.8, 4) is 0 Å². The molecule has 1 atom stereocenters. The summed E-state index contributed by atoms with van der Waals surface area (Å²) < 4.78 is 5.01. The minimum atomic E-state index is -0.232. The van der Waals surface area contributed by atoms with Gasteiger partial charge >= 0.3 is 5.97 Å². The van der Waals surface area contributed by atoms with Gasteiger partial charge in [0.1, 0.15) is 0 Å². The van der Waals surface area contributed by atoms with Crippen molar-refractivity contribution in [2.75, 3.05) is 6.61 Å². The number of hydrogen-bond acceptors (Lipinski definition) is 3. The molecule has 0 spiro atoms. The van der Waals surface area contributed by atoms with Crippen molar-refractivity contribution in [2.45, 2.75) is 38.1 Å². The lowest BCUT2D eigenvalue weighted by molar-refractivity contribution is -0.150. The molecule has 2 aliphatic carbocycles. The fourth-order valence-corrected chi connectivity index (χ4v) is 2.71. The largest absolute Gasteiger partial charge is 0.455 e. The van der Waals surface area contributed by atoms with Crippen molar-refractivity contribution in [1.29, 1.82) is 0 Å². The van der Waals surface area contributed by atoms with E-state index in [0.29, 0.717) is 0 Å². The van der Waals surface area contributed by atoms with E-state index < -0.39 is 0 Å². The summed E-state index contributed by atoms with van der Waals surface area (Å²) in [6, 6.07) is 8.25. The molecule has 1 saturated carbocycles. The van der Waals surface area contributed by atoms with E-state index in [1.165, 1.54) is 11.1 Å². The fraction of sp³-hybridized carbons (Fsp3) is 0.500. The Hall–Kier alpha value is -1.84.